The molecule has 1 N–H and O–H groups in total. The summed E-state index contributed by atoms with van der Waals surface area (Å²) in [7, 11) is 0. The van der Waals surface area contributed by atoms with Crippen molar-refractivity contribution in [1.82, 2.24) is 0 Å². The Morgan fingerprint density at radius 2 is 1.95 bits per heavy atom. The minimum absolute atomic E-state index is 0.0760. The van der Waals surface area contributed by atoms with E-state index in [0.29, 0.717) is 32.2 Å². The lowest BCUT2D eigenvalue weighted by molar-refractivity contribution is -0.145. The van der Waals surface area contributed by atoms with E-state index in [9.17, 15) is 4.79 Å². The highest BCUT2D eigenvalue weighted by molar-refractivity contribution is 5.69. The molecule has 0 saturated carbocycles. The Bertz CT molecular complexity index is 493. The van der Waals surface area contributed by atoms with Gasteiger partial charge in [-0.3, -0.25) is 4.79 Å². The third-order valence-electron chi connectivity index (χ3n) is 3.61. The van der Waals surface area contributed by atoms with Crippen molar-refractivity contribution in [1.29, 1.82) is 0 Å². The van der Waals surface area contributed by atoms with Crippen molar-refractivity contribution in [3.63, 3.8) is 0 Å². The number of benzene rings is 1. The molecule has 2 aliphatic heterocycles. The van der Waals surface area contributed by atoms with Crippen molar-refractivity contribution >= 4 is 5.97 Å². The van der Waals surface area contributed by atoms with Crippen molar-refractivity contribution in [2.45, 2.75) is 18.3 Å². The molecule has 102 valence electrons. The topological polar surface area (TPSA) is 65.0 Å². The fourth-order valence-electron chi connectivity index (χ4n) is 2.50. The highest BCUT2D eigenvalue weighted by Crippen LogP contribution is 2.40. The minimum atomic E-state index is -0.810. The summed E-state index contributed by atoms with van der Waals surface area (Å²) in [4.78, 5) is 11.0. The monoisotopic (exact) mass is 264 g/mol. The number of fused-ring (bicyclic) bond motifs is 1. The van der Waals surface area contributed by atoms with E-state index in [1.54, 1.807) is 0 Å². The summed E-state index contributed by atoms with van der Waals surface area (Å²) in [5.74, 6) is 0.619. The first-order chi connectivity index (χ1) is 9.20. The fourth-order valence-corrected chi connectivity index (χ4v) is 2.50. The lowest BCUT2D eigenvalue weighted by Crippen LogP contribution is -2.48. The Hall–Kier alpha value is -1.75. The van der Waals surface area contributed by atoms with E-state index in [-0.39, 0.29) is 6.42 Å². The Kier molecular flexibility index (Phi) is 3.06. The molecular weight excluding hydrogens is 248 g/mol. The van der Waals surface area contributed by atoms with Gasteiger partial charge in [0, 0.05) is 6.42 Å². The summed E-state index contributed by atoms with van der Waals surface area (Å²) in [6.45, 7) is 2.16. The summed E-state index contributed by atoms with van der Waals surface area (Å²) in [5.41, 5.74) is 0.529. The molecule has 0 aliphatic carbocycles. The average molecular weight is 264 g/mol. The van der Waals surface area contributed by atoms with Crippen LogP contribution >= 0.6 is 0 Å². The Labute approximate surface area is 111 Å². The van der Waals surface area contributed by atoms with Crippen LogP contribution in [0.1, 0.15) is 18.4 Å². The van der Waals surface area contributed by atoms with E-state index in [0.717, 1.165) is 17.7 Å². The van der Waals surface area contributed by atoms with E-state index in [1.807, 2.05) is 18.2 Å². The molecule has 2 aliphatic rings. The van der Waals surface area contributed by atoms with E-state index in [2.05, 4.69) is 0 Å². The second kappa shape index (κ2) is 4.74. The standard InChI is InChI=1S/C14H16O5/c15-13(16)7-14(8-17-9-14)10-2-3-11-12(6-10)19-5-1-4-18-11/h2-3,6H,1,4-5,7-9H2,(H,15,16). The molecule has 0 aromatic heterocycles. The molecule has 19 heavy (non-hydrogen) atoms. The molecule has 1 aromatic carbocycles. The smallest absolute Gasteiger partial charge is 0.304 e. The van der Waals surface area contributed by atoms with Crippen LogP contribution in [0, 0.1) is 0 Å². The number of hydrogen-bond acceptors (Lipinski definition) is 4. The van der Waals surface area contributed by atoms with E-state index < -0.39 is 11.4 Å². The molecule has 0 amide bonds. The Balaban J connectivity index is 1.92. The first kappa shape index (κ1) is 12.3. The highest BCUT2D eigenvalue weighted by atomic mass is 16.5. The van der Waals surface area contributed by atoms with Crippen LogP contribution in [0.25, 0.3) is 0 Å². The van der Waals surface area contributed by atoms with Crippen molar-refractivity contribution in [3.05, 3.63) is 23.8 Å². The largest absolute Gasteiger partial charge is 0.490 e. The maximum absolute atomic E-state index is 11.0. The molecule has 0 bridgehead atoms. The van der Waals surface area contributed by atoms with Crippen LogP contribution in [0.4, 0.5) is 0 Å². The lowest BCUT2D eigenvalue weighted by atomic mass is 9.76. The van der Waals surface area contributed by atoms with Gasteiger partial charge in [-0.15, -0.1) is 0 Å². The molecular formula is C14H16O5. The first-order valence-electron chi connectivity index (χ1n) is 6.39. The molecule has 0 spiro atoms. The fraction of sp³-hybridized carbons (Fsp3) is 0.500. The summed E-state index contributed by atoms with van der Waals surface area (Å²) in [6, 6.07) is 5.67. The van der Waals surface area contributed by atoms with Crippen molar-refractivity contribution in [2.75, 3.05) is 26.4 Å². The molecule has 1 saturated heterocycles. The summed E-state index contributed by atoms with van der Waals surface area (Å²) >= 11 is 0. The van der Waals surface area contributed by atoms with Gasteiger partial charge in [-0.1, -0.05) is 6.07 Å². The number of carbonyl (C=O) groups is 1. The number of hydrogen-bond donors (Lipinski definition) is 1. The third kappa shape index (κ3) is 2.26. The van der Waals surface area contributed by atoms with Crippen molar-refractivity contribution in [3.8, 4) is 11.5 Å². The maximum Gasteiger partial charge on any atom is 0.304 e. The van der Waals surface area contributed by atoms with E-state index >= 15 is 0 Å². The molecule has 0 unspecified atom stereocenters. The summed E-state index contributed by atoms with van der Waals surface area (Å²) in [5, 5.41) is 9.05. The van der Waals surface area contributed by atoms with Crippen LogP contribution in [-0.2, 0) is 14.9 Å². The lowest BCUT2D eigenvalue weighted by Gasteiger charge is -2.41. The zero-order valence-corrected chi connectivity index (χ0v) is 10.6. The van der Waals surface area contributed by atoms with E-state index in [1.165, 1.54) is 0 Å². The van der Waals surface area contributed by atoms with Gasteiger partial charge in [0.15, 0.2) is 11.5 Å². The van der Waals surface area contributed by atoms with Crippen LogP contribution in [-0.4, -0.2) is 37.5 Å². The predicted molar refractivity (Wildman–Crippen MR) is 66.8 cm³/mol. The molecule has 0 radical (unpaired) electrons. The van der Waals surface area contributed by atoms with Crippen LogP contribution < -0.4 is 9.47 Å². The Morgan fingerprint density at radius 3 is 2.58 bits per heavy atom. The number of carboxylic acid groups (broad SMARTS) is 1. The van der Waals surface area contributed by atoms with Gasteiger partial charge in [0.1, 0.15) is 0 Å². The number of aliphatic carboxylic acids is 1. The third-order valence-corrected chi connectivity index (χ3v) is 3.61. The van der Waals surface area contributed by atoms with Crippen LogP contribution in [0.3, 0.4) is 0 Å². The second-order valence-electron chi connectivity index (χ2n) is 5.06. The molecule has 5 heteroatoms. The van der Waals surface area contributed by atoms with Gasteiger partial charge in [0.25, 0.3) is 0 Å². The number of carboxylic acids is 1. The van der Waals surface area contributed by atoms with Gasteiger partial charge in [0.2, 0.25) is 0 Å². The van der Waals surface area contributed by atoms with Crippen LogP contribution in [0.15, 0.2) is 18.2 Å². The minimum Gasteiger partial charge on any atom is -0.490 e. The molecule has 2 heterocycles. The molecule has 3 rings (SSSR count). The SMILES string of the molecule is O=C(O)CC1(c2ccc3c(c2)OCCCO3)COC1. The summed E-state index contributed by atoms with van der Waals surface area (Å²) < 4.78 is 16.4. The van der Waals surface area contributed by atoms with Gasteiger partial charge >= 0.3 is 5.97 Å². The van der Waals surface area contributed by atoms with Gasteiger partial charge < -0.3 is 19.3 Å². The zero-order chi connectivity index (χ0) is 13.3. The molecule has 5 nitrogen and oxygen atoms in total. The van der Waals surface area contributed by atoms with Crippen LogP contribution in [0.5, 0.6) is 11.5 Å². The summed E-state index contributed by atoms with van der Waals surface area (Å²) in [6.07, 6.45) is 0.931. The van der Waals surface area contributed by atoms with Gasteiger partial charge in [-0.25, -0.2) is 0 Å². The van der Waals surface area contributed by atoms with Gasteiger partial charge in [0.05, 0.1) is 38.3 Å². The highest BCUT2D eigenvalue weighted by Gasteiger charge is 2.42. The normalized spacial score (nSPS) is 20.2. The van der Waals surface area contributed by atoms with Crippen molar-refractivity contribution in [2.24, 2.45) is 0 Å². The van der Waals surface area contributed by atoms with Gasteiger partial charge in [-0.2, -0.15) is 0 Å². The Morgan fingerprint density at radius 1 is 1.21 bits per heavy atom. The second-order valence-corrected chi connectivity index (χ2v) is 5.06. The quantitative estimate of drug-likeness (QED) is 0.898. The number of rotatable bonds is 3. The molecule has 1 aromatic rings. The average Bonchev–Trinajstić information content (AvgIpc) is 2.57. The molecule has 1 fully saturated rings. The predicted octanol–water partition coefficient (Wildman–Crippen LogP) is 1.59. The van der Waals surface area contributed by atoms with E-state index in [4.69, 9.17) is 19.3 Å². The molecule has 0 atom stereocenters. The number of ether oxygens (including phenoxy) is 3. The first-order valence-corrected chi connectivity index (χ1v) is 6.39. The van der Waals surface area contributed by atoms with Crippen LogP contribution in [0.2, 0.25) is 0 Å². The maximum atomic E-state index is 11.0. The van der Waals surface area contributed by atoms with Gasteiger partial charge in [-0.05, 0) is 17.7 Å². The zero-order valence-electron chi connectivity index (χ0n) is 10.6. The van der Waals surface area contributed by atoms with Crippen molar-refractivity contribution < 1.29 is 24.1 Å².